The molecule has 2 N–H and O–H groups in total. The molecule has 0 aromatic heterocycles. The number of benzene rings is 2. The van der Waals surface area contributed by atoms with E-state index in [0.717, 1.165) is 5.56 Å². The Balaban J connectivity index is 2.21. The largest absolute Gasteiger partial charge is 0.508 e. The van der Waals surface area contributed by atoms with Crippen LogP contribution in [0, 0.1) is 13.8 Å². The van der Waals surface area contributed by atoms with Crippen LogP contribution >= 0.6 is 0 Å². The Kier molecular flexibility index (Phi) is 3.33. The Labute approximate surface area is 106 Å². The van der Waals surface area contributed by atoms with Crippen LogP contribution in [0.25, 0.3) is 0 Å². The number of aromatic hydroxyl groups is 1. The molecule has 92 valence electrons. The van der Waals surface area contributed by atoms with Crippen LogP contribution in [0.15, 0.2) is 42.5 Å². The number of amides is 1. The molecule has 0 atom stereocenters. The SMILES string of the molecule is Cc1ccc(C(=O)Nc2cccc(O)c2C)cc1. The molecular weight excluding hydrogens is 226 g/mol. The molecule has 0 radical (unpaired) electrons. The number of hydrogen-bond donors (Lipinski definition) is 2. The summed E-state index contributed by atoms with van der Waals surface area (Å²) in [5.41, 5.74) is 3.00. The molecule has 0 aliphatic carbocycles. The Hall–Kier alpha value is -2.29. The van der Waals surface area contributed by atoms with Crippen molar-refractivity contribution >= 4 is 11.6 Å². The third-order valence-electron chi connectivity index (χ3n) is 2.87. The molecule has 3 nitrogen and oxygen atoms in total. The van der Waals surface area contributed by atoms with Gasteiger partial charge in [-0.15, -0.1) is 0 Å². The molecule has 0 saturated heterocycles. The van der Waals surface area contributed by atoms with E-state index in [4.69, 9.17) is 0 Å². The van der Waals surface area contributed by atoms with E-state index < -0.39 is 0 Å². The van der Waals surface area contributed by atoms with Gasteiger partial charge in [-0.1, -0.05) is 23.8 Å². The highest BCUT2D eigenvalue weighted by Crippen LogP contribution is 2.24. The second-order valence-corrected chi connectivity index (χ2v) is 4.27. The number of anilines is 1. The molecule has 2 aromatic rings. The van der Waals surface area contributed by atoms with Crippen molar-refractivity contribution in [3.05, 3.63) is 59.2 Å². The van der Waals surface area contributed by atoms with E-state index in [1.807, 2.05) is 19.1 Å². The number of hydrogen-bond acceptors (Lipinski definition) is 2. The van der Waals surface area contributed by atoms with E-state index in [2.05, 4.69) is 5.32 Å². The first kappa shape index (κ1) is 12.2. The van der Waals surface area contributed by atoms with Crippen molar-refractivity contribution in [2.75, 3.05) is 5.32 Å². The molecule has 0 aliphatic rings. The van der Waals surface area contributed by atoms with Crippen molar-refractivity contribution in [3.63, 3.8) is 0 Å². The molecule has 0 spiro atoms. The van der Waals surface area contributed by atoms with Crippen LogP contribution in [0.1, 0.15) is 21.5 Å². The number of nitrogens with one attached hydrogen (secondary N) is 1. The first-order valence-electron chi connectivity index (χ1n) is 5.74. The van der Waals surface area contributed by atoms with Crippen LogP contribution in [0.3, 0.4) is 0 Å². The summed E-state index contributed by atoms with van der Waals surface area (Å²) in [6.07, 6.45) is 0. The van der Waals surface area contributed by atoms with Gasteiger partial charge >= 0.3 is 0 Å². The van der Waals surface area contributed by atoms with Gasteiger partial charge in [-0.25, -0.2) is 0 Å². The minimum Gasteiger partial charge on any atom is -0.508 e. The molecule has 3 heteroatoms. The fourth-order valence-electron chi connectivity index (χ4n) is 1.66. The third-order valence-corrected chi connectivity index (χ3v) is 2.87. The van der Waals surface area contributed by atoms with Gasteiger partial charge in [-0.2, -0.15) is 0 Å². The van der Waals surface area contributed by atoms with Gasteiger partial charge < -0.3 is 10.4 Å². The van der Waals surface area contributed by atoms with E-state index in [1.54, 1.807) is 37.3 Å². The zero-order chi connectivity index (χ0) is 13.1. The maximum absolute atomic E-state index is 12.0. The highest BCUT2D eigenvalue weighted by Gasteiger charge is 2.08. The molecule has 0 aliphatic heterocycles. The summed E-state index contributed by atoms with van der Waals surface area (Å²) in [6, 6.07) is 12.4. The summed E-state index contributed by atoms with van der Waals surface area (Å²) in [5.74, 6) is 0.000376. The van der Waals surface area contributed by atoms with E-state index >= 15 is 0 Å². The van der Waals surface area contributed by atoms with E-state index in [-0.39, 0.29) is 11.7 Å². The van der Waals surface area contributed by atoms with Crippen molar-refractivity contribution in [1.82, 2.24) is 0 Å². The first-order valence-corrected chi connectivity index (χ1v) is 5.74. The molecule has 1 amide bonds. The molecular formula is C15H15NO2. The predicted molar refractivity (Wildman–Crippen MR) is 72.0 cm³/mol. The Morgan fingerprint density at radius 3 is 2.39 bits per heavy atom. The minimum atomic E-state index is -0.177. The van der Waals surface area contributed by atoms with E-state index in [1.165, 1.54) is 0 Å². The van der Waals surface area contributed by atoms with Crippen molar-refractivity contribution in [3.8, 4) is 5.75 Å². The normalized spacial score (nSPS) is 10.1. The second-order valence-electron chi connectivity index (χ2n) is 4.27. The average molecular weight is 241 g/mol. The van der Waals surface area contributed by atoms with Crippen LogP contribution in [0.5, 0.6) is 5.75 Å². The molecule has 2 aromatic carbocycles. The number of phenols is 1. The molecule has 2 rings (SSSR count). The number of carbonyl (C=O) groups excluding carboxylic acids is 1. The maximum atomic E-state index is 12.0. The summed E-state index contributed by atoms with van der Waals surface area (Å²) in [5, 5.41) is 12.4. The predicted octanol–water partition coefficient (Wildman–Crippen LogP) is 3.26. The third kappa shape index (κ3) is 2.51. The number of rotatable bonds is 2. The Morgan fingerprint density at radius 1 is 1.06 bits per heavy atom. The maximum Gasteiger partial charge on any atom is 0.255 e. The standard InChI is InChI=1S/C15H15NO2/c1-10-6-8-12(9-7-10)15(18)16-13-4-3-5-14(17)11(13)2/h3-9,17H,1-2H3,(H,16,18). The average Bonchev–Trinajstić information content (AvgIpc) is 2.36. The summed E-state index contributed by atoms with van der Waals surface area (Å²) >= 11 is 0. The Morgan fingerprint density at radius 2 is 1.72 bits per heavy atom. The highest BCUT2D eigenvalue weighted by molar-refractivity contribution is 6.04. The smallest absolute Gasteiger partial charge is 0.255 e. The first-order chi connectivity index (χ1) is 8.58. The van der Waals surface area contributed by atoms with Gasteiger partial charge in [-0.3, -0.25) is 4.79 Å². The van der Waals surface area contributed by atoms with Gasteiger partial charge in [0.25, 0.3) is 5.91 Å². The van der Waals surface area contributed by atoms with Crippen molar-refractivity contribution in [1.29, 1.82) is 0 Å². The van der Waals surface area contributed by atoms with Gasteiger partial charge in [-0.05, 0) is 38.1 Å². The lowest BCUT2D eigenvalue weighted by molar-refractivity contribution is 0.102. The van der Waals surface area contributed by atoms with Crippen molar-refractivity contribution < 1.29 is 9.90 Å². The number of phenolic OH excluding ortho intramolecular Hbond substituents is 1. The fraction of sp³-hybridized carbons (Fsp3) is 0.133. The lowest BCUT2D eigenvalue weighted by Gasteiger charge is -2.09. The lowest BCUT2D eigenvalue weighted by atomic mass is 10.1. The summed E-state index contributed by atoms with van der Waals surface area (Å²) < 4.78 is 0. The lowest BCUT2D eigenvalue weighted by Crippen LogP contribution is -2.12. The Bertz CT molecular complexity index is 574. The van der Waals surface area contributed by atoms with E-state index in [0.29, 0.717) is 16.8 Å². The van der Waals surface area contributed by atoms with Gasteiger partial charge in [0.1, 0.15) is 5.75 Å². The molecule has 0 bridgehead atoms. The zero-order valence-electron chi connectivity index (χ0n) is 10.4. The van der Waals surface area contributed by atoms with Crippen LogP contribution in [0.4, 0.5) is 5.69 Å². The molecule has 0 fully saturated rings. The minimum absolute atomic E-state index is 0.177. The zero-order valence-corrected chi connectivity index (χ0v) is 10.4. The van der Waals surface area contributed by atoms with Crippen LogP contribution in [0.2, 0.25) is 0 Å². The highest BCUT2D eigenvalue weighted by atomic mass is 16.3. The summed E-state index contributed by atoms with van der Waals surface area (Å²) in [7, 11) is 0. The topological polar surface area (TPSA) is 49.3 Å². The van der Waals surface area contributed by atoms with Crippen LogP contribution in [-0.4, -0.2) is 11.0 Å². The number of aryl methyl sites for hydroxylation is 1. The van der Waals surface area contributed by atoms with Crippen molar-refractivity contribution in [2.24, 2.45) is 0 Å². The molecule has 0 unspecified atom stereocenters. The molecule has 0 heterocycles. The van der Waals surface area contributed by atoms with E-state index in [9.17, 15) is 9.90 Å². The number of carbonyl (C=O) groups is 1. The molecule has 0 saturated carbocycles. The molecule has 18 heavy (non-hydrogen) atoms. The van der Waals surface area contributed by atoms with Crippen LogP contribution < -0.4 is 5.32 Å². The van der Waals surface area contributed by atoms with Gasteiger partial charge in [0.05, 0.1) is 0 Å². The quantitative estimate of drug-likeness (QED) is 0.847. The van der Waals surface area contributed by atoms with Crippen molar-refractivity contribution in [2.45, 2.75) is 13.8 Å². The summed E-state index contributed by atoms with van der Waals surface area (Å²) in [6.45, 7) is 3.74. The monoisotopic (exact) mass is 241 g/mol. The fourth-order valence-corrected chi connectivity index (χ4v) is 1.66. The van der Waals surface area contributed by atoms with Gasteiger partial charge in [0.15, 0.2) is 0 Å². The van der Waals surface area contributed by atoms with Gasteiger partial charge in [0, 0.05) is 16.8 Å². The second kappa shape index (κ2) is 4.92. The van der Waals surface area contributed by atoms with Crippen LogP contribution in [-0.2, 0) is 0 Å². The summed E-state index contributed by atoms with van der Waals surface area (Å²) in [4.78, 5) is 12.0. The van der Waals surface area contributed by atoms with Gasteiger partial charge in [0.2, 0.25) is 0 Å².